The molecule has 2 heteroatoms. The maximum atomic E-state index is 5.98. The van der Waals surface area contributed by atoms with Gasteiger partial charge in [-0.15, -0.1) is 23.2 Å². The monoisotopic (exact) mass is 264 g/mol. The van der Waals surface area contributed by atoms with E-state index in [9.17, 15) is 0 Å². The fourth-order valence-electron chi connectivity index (χ4n) is 1.83. The Morgan fingerprint density at radius 3 is 2.18 bits per heavy atom. The van der Waals surface area contributed by atoms with Crippen LogP contribution >= 0.6 is 23.2 Å². The highest BCUT2D eigenvalue weighted by Gasteiger charge is 2.05. The van der Waals surface area contributed by atoms with Crippen LogP contribution < -0.4 is 0 Å². The number of hydrogen-bond acceptors (Lipinski definition) is 0. The van der Waals surface area contributed by atoms with E-state index >= 15 is 0 Å². The van der Waals surface area contributed by atoms with Crippen molar-refractivity contribution in [2.24, 2.45) is 0 Å². The number of halogens is 2. The van der Waals surface area contributed by atoms with Gasteiger partial charge in [0.1, 0.15) is 0 Å². The molecule has 0 aliphatic carbocycles. The molecule has 2 aromatic carbocycles. The van der Waals surface area contributed by atoms with E-state index in [4.69, 9.17) is 23.2 Å². The molecular weight excluding hydrogens is 251 g/mol. The standard InChI is InChI=1S/C15H14Cl2/c1-11-2-5-13(6-3-11)15-8-12(9-16)4-7-14(15)10-17/h2-8H,9-10H2,1H3. The second-order valence-corrected chi connectivity index (χ2v) is 4.66. The fourth-order valence-corrected chi connectivity index (χ4v) is 2.22. The molecule has 0 unspecified atom stereocenters. The van der Waals surface area contributed by atoms with Gasteiger partial charge in [-0.25, -0.2) is 0 Å². The van der Waals surface area contributed by atoms with E-state index in [1.807, 2.05) is 6.07 Å². The lowest BCUT2D eigenvalue weighted by molar-refractivity contribution is 1.33. The summed E-state index contributed by atoms with van der Waals surface area (Å²) in [6, 6.07) is 14.7. The molecule has 88 valence electrons. The van der Waals surface area contributed by atoms with E-state index in [0.29, 0.717) is 11.8 Å². The zero-order valence-corrected chi connectivity index (χ0v) is 11.2. The molecule has 0 nitrogen and oxygen atoms in total. The topological polar surface area (TPSA) is 0 Å². The molecule has 0 heterocycles. The van der Waals surface area contributed by atoms with Gasteiger partial charge in [-0.05, 0) is 35.2 Å². The molecule has 0 radical (unpaired) electrons. The van der Waals surface area contributed by atoms with Crippen LogP contribution in [0.15, 0.2) is 42.5 Å². The number of benzene rings is 2. The van der Waals surface area contributed by atoms with Crippen LogP contribution in [-0.2, 0) is 11.8 Å². The molecule has 0 saturated heterocycles. The third kappa shape index (κ3) is 2.83. The highest BCUT2D eigenvalue weighted by atomic mass is 35.5. The number of hydrogen-bond donors (Lipinski definition) is 0. The van der Waals surface area contributed by atoms with Crippen LogP contribution in [0, 0.1) is 6.92 Å². The fraction of sp³-hybridized carbons (Fsp3) is 0.200. The molecular formula is C15H14Cl2. The van der Waals surface area contributed by atoms with Crippen LogP contribution in [0.2, 0.25) is 0 Å². The van der Waals surface area contributed by atoms with Crippen molar-refractivity contribution in [2.45, 2.75) is 18.7 Å². The summed E-state index contributed by atoms with van der Waals surface area (Å²) in [6.45, 7) is 2.08. The van der Waals surface area contributed by atoms with Gasteiger partial charge >= 0.3 is 0 Å². The summed E-state index contributed by atoms with van der Waals surface area (Å²) in [7, 11) is 0. The van der Waals surface area contributed by atoms with Crippen molar-refractivity contribution >= 4 is 23.2 Å². The Balaban J connectivity index is 2.51. The third-order valence-corrected chi connectivity index (χ3v) is 3.43. The van der Waals surface area contributed by atoms with Gasteiger partial charge < -0.3 is 0 Å². The molecule has 0 N–H and O–H groups in total. The van der Waals surface area contributed by atoms with Gasteiger partial charge in [0.25, 0.3) is 0 Å². The normalized spacial score (nSPS) is 10.5. The molecule has 0 saturated carbocycles. The van der Waals surface area contributed by atoms with Gasteiger partial charge in [-0.1, -0.05) is 42.0 Å². The van der Waals surface area contributed by atoms with E-state index < -0.39 is 0 Å². The van der Waals surface area contributed by atoms with Crippen molar-refractivity contribution in [3.63, 3.8) is 0 Å². The summed E-state index contributed by atoms with van der Waals surface area (Å²) < 4.78 is 0. The summed E-state index contributed by atoms with van der Waals surface area (Å²) in [6.07, 6.45) is 0. The van der Waals surface area contributed by atoms with Crippen molar-refractivity contribution in [1.29, 1.82) is 0 Å². The zero-order chi connectivity index (χ0) is 12.3. The lowest BCUT2D eigenvalue weighted by atomic mass is 9.98. The molecule has 0 fully saturated rings. The van der Waals surface area contributed by atoms with Crippen molar-refractivity contribution in [3.05, 3.63) is 59.2 Å². The first-order valence-corrected chi connectivity index (χ1v) is 6.62. The Hall–Kier alpha value is -0.980. The maximum absolute atomic E-state index is 5.98. The van der Waals surface area contributed by atoms with Gasteiger partial charge in [-0.3, -0.25) is 0 Å². The molecule has 2 rings (SSSR count). The Bertz CT molecular complexity index is 501. The molecule has 0 aliphatic rings. The minimum Gasteiger partial charge on any atom is -0.122 e. The summed E-state index contributed by atoms with van der Waals surface area (Å²) in [5.41, 5.74) is 5.89. The summed E-state index contributed by atoms with van der Waals surface area (Å²) in [4.78, 5) is 0. The second-order valence-electron chi connectivity index (χ2n) is 4.12. The average Bonchev–Trinajstić information content (AvgIpc) is 2.39. The van der Waals surface area contributed by atoms with Gasteiger partial charge in [0, 0.05) is 11.8 Å². The first-order valence-electron chi connectivity index (χ1n) is 5.55. The third-order valence-electron chi connectivity index (χ3n) is 2.84. The van der Waals surface area contributed by atoms with E-state index in [-0.39, 0.29) is 0 Å². The quantitative estimate of drug-likeness (QED) is 0.674. The predicted octanol–water partition coefficient (Wildman–Crippen LogP) is 5.14. The van der Waals surface area contributed by atoms with Gasteiger partial charge in [0.05, 0.1) is 0 Å². The van der Waals surface area contributed by atoms with Crippen LogP contribution in [0.3, 0.4) is 0 Å². The first-order chi connectivity index (χ1) is 8.24. The summed E-state index contributed by atoms with van der Waals surface area (Å²) in [5, 5.41) is 0. The highest BCUT2D eigenvalue weighted by molar-refractivity contribution is 6.18. The zero-order valence-electron chi connectivity index (χ0n) is 9.71. The Morgan fingerprint density at radius 2 is 1.59 bits per heavy atom. The molecule has 0 spiro atoms. The Kier molecular flexibility index (Phi) is 4.09. The molecule has 0 aliphatic heterocycles. The van der Waals surface area contributed by atoms with E-state index in [2.05, 4.69) is 43.3 Å². The van der Waals surface area contributed by atoms with E-state index in [1.54, 1.807) is 0 Å². The van der Waals surface area contributed by atoms with Crippen molar-refractivity contribution < 1.29 is 0 Å². The van der Waals surface area contributed by atoms with Crippen LogP contribution in [0.1, 0.15) is 16.7 Å². The van der Waals surface area contributed by atoms with Crippen LogP contribution in [-0.4, -0.2) is 0 Å². The lowest BCUT2D eigenvalue weighted by Crippen LogP contribution is -1.89. The molecule has 0 atom stereocenters. The lowest BCUT2D eigenvalue weighted by Gasteiger charge is -2.09. The average molecular weight is 265 g/mol. The SMILES string of the molecule is Cc1ccc(-c2cc(CCl)ccc2CCl)cc1. The van der Waals surface area contributed by atoms with Gasteiger partial charge in [0.2, 0.25) is 0 Å². The van der Waals surface area contributed by atoms with Gasteiger partial charge in [-0.2, -0.15) is 0 Å². The Labute approximate surface area is 112 Å². The molecule has 2 aromatic rings. The maximum Gasteiger partial charge on any atom is 0.0480 e. The predicted molar refractivity (Wildman–Crippen MR) is 75.7 cm³/mol. The number of alkyl halides is 2. The minimum atomic E-state index is 0.520. The number of rotatable bonds is 3. The van der Waals surface area contributed by atoms with E-state index in [1.165, 1.54) is 16.7 Å². The summed E-state index contributed by atoms with van der Waals surface area (Å²) in [5.74, 6) is 1.05. The van der Waals surface area contributed by atoms with Crippen molar-refractivity contribution in [2.75, 3.05) is 0 Å². The smallest absolute Gasteiger partial charge is 0.0480 e. The van der Waals surface area contributed by atoms with Gasteiger partial charge in [0.15, 0.2) is 0 Å². The highest BCUT2D eigenvalue weighted by Crippen LogP contribution is 2.27. The number of aryl methyl sites for hydroxylation is 1. The Morgan fingerprint density at radius 1 is 0.882 bits per heavy atom. The van der Waals surface area contributed by atoms with Crippen LogP contribution in [0.5, 0.6) is 0 Å². The van der Waals surface area contributed by atoms with Crippen molar-refractivity contribution in [1.82, 2.24) is 0 Å². The van der Waals surface area contributed by atoms with Crippen LogP contribution in [0.4, 0.5) is 0 Å². The molecule has 17 heavy (non-hydrogen) atoms. The molecule has 0 bridgehead atoms. The second kappa shape index (κ2) is 5.57. The first kappa shape index (κ1) is 12.5. The molecule has 0 aromatic heterocycles. The van der Waals surface area contributed by atoms with Crippen molar-refractivity contribution in [3.8, 4) is 11.1 Å². The van der Waals surface area contributed by atoms with E-state index in [0.717, 1.165) is 11.1 Å². The molecule has 0 amide bonds. The minimum absolute atomic E-state index is 0.520. The summed E-state index contributed by atoms with van der Waals surface area (Å²) >= 11 is 11.8. The van der Waals surface area contributed by atoms with Crippen LogP contribution in [0.25, 0.3) is 11.1 Å². The largest absolute Gasteiger partial charge is 0.122 e.